The maximum absolute atomic E-state index is 13.8. The first-order chi connectivity index (χ1) is 16.2. The molecule has 1 amide bonds. The fraction of sp³-hybridized carbons (Fsp3) is 0.357. The van der Waals surface area contributed by atoms with Crippen LogP contribution in [0.2, 0.25) is 0 Å². The summed E-state index contributed by atoms with van der Waals surface area (Å²) in [6, 6.07) is 18.9. The van der Waals surface area contributed by atoms with E-state index in [0.717, 1.165) is 42.9 Å². The molecule has 1 aliphatic rings. The van der Waals surface area contributed by atoms with Crippen LogP contribution in [0.25, 0.3) is 0 Å². The molecule has 1 aromatic heterocycles. The van der Waals surface area contributed by atoms with E-state index >= 15 is 0 Å². The second-order valence-corrected chi connectivity index (χ2v) is 9.22. The molecule has 3 aromatic rings. The maximum atomic E-state index is 13.8. The van der Waals surface area contributed by atoms with Crippen LogP contribution in [0.3, 0.4) is 0 Å². The van der Waals surface area contributed by atoms with Crippen molar-refractivity contribution in [2.45, 2.75) is 57.2 Å². The molecule has 0 aliphatic heterocycles. The molecule has 2 unspecified atom stereocenters. The number of hydrogen-bond acceptors (Lipinski definition) is 2. The highest BCUT2D eigenvalue weighted by Crippen LogP contribution is 2.51. The van der Waals surface area contributed by atoms with Crippen LogP contribution in [-0.2, 0) is 16.5 Å². The van der Waals surface area contributed by atoms with Crippen LogP contribution >= 0.6 is 0 Å². The van der Waals surface area contributed by atoms with E-state index < -0.39 is 17.3 Å². The lowest BCUT2D eigenvalue weighted by molar-refractivity contribution is -0.137. The minimum Gasteiger partial charge on any atom is -0.341 e. The number of nitrogens with one attached hydrogen (secondary N) is 1. The van der Waals surface area contributed by atoms with Crippen molar-refractivity contribution >= 4 is 5.91 Å². The minimum atomic E-state index is -4.51. The van der Waals surface area contributed by atoms with Crippen LogP contribution in [0, 0.1) is 12.8 Å². The van der Waals surface area contributed by atoms with Gasteiger partial charge < -0.3 is 5.32 Å². The third-order valence-corrected chi connectivity index (χ3v) is 6.83. The summed E-state index contributed by atoms with van der Waals surface area (Å²) >= 11 is 0. The van der Waals surface area contributed by atoms with Crippen molar-refractivity contribution in [2.24, 2.45) is 5.92 Å². The molecular formula is C28H29F3N2O. The molecule has 0 saturated heterocycles. The molecule has 1 heterocycles. The molecular weight excluding hydrogens is 437 g/mol. The monoisotopic (exact) mass is 466 g/mol. The van der Waals surface area contributed by atoms with Crippen LogP contribution in [-0.4, -0.2) is 10.9 Å². The Kier molecular flexibility index (Phi) is 6.78. The van der Waals surface area contributed by atoms with Gasteiger partial charge in [-0.25, -0.2) is 0 Å². The molecule has 34 heavy (non-hydrogen) atoms. The fourth-order valence-electron chi connectivity index (χ4n) is 5.50. The number of aryl methyl sites for hydroxylation is 1. The number of benzene rings is 2. The quantitative estimate of drug-likeness (QED) is 0.436. The lowest BCUT2D eigenvalue weighted by Crippen LogP contribution is -2.53. The Bertz CT molecular complexity index is 1140. The van der Waals surface area contributed by atoms with Crippen molar-refractivity contribution < 1.29 is 18.0 Å². The molecule has 0 spiro atoms. The number of pyridine rings is 1. The Morgan fingerprint density at radius 3 is 2.26 bits per heavy atom. The summed E-state index contributed by atoms with van der Waals surface area (Å²) in [4.78, 5) is 17.4. The zero-order valence-electron chi connectivity index (χ0n) is 19.4. The van der Waals surface area contributed by atoms with Crippen LogP contribution in [0.4, 0.5) is 13.2 Å². The predicted molar refractivity (Wildman–Crippen MR) is 126 cm³/mol. The number of rotatable bonds is 6. The Labute approximate surface area is 198 Å². The molecule has 6 heteroatoms. The second kappa shape index (κ2) is 9.61. The summed E-state index contributed by atoms with van der Waals surface area (Å²) in [5, 5.41) is 3.14. The fourth-order valence-corrected chi connectivity index (χ4v) is 5.50. The first-order valence-corrected chi connectivity index (χ1v) is 11.7. The van der Waals surface area contributed by atoms with Gasteiger partial charge >= 0.3 is 6.18 Å². The molecule has 0 radical (unpaired) electrons. The standard InChI is InChI=1S/C28H29F3N2O/c1-19-15-16-32-25(17-19)27(33-20(2)34,23-13-8-14-24(18-23)28(29,30)31)26(22-11-6-7-12-22)21-9-4-3-5-10-21/h3-5,8-10,13-18,22,26H,6-7,11-12H2,1-2H3,(H,33,34). The van der Waals surface area contributed by atoms with E-state index in [1.54, 1.807) is 12.3 Å². The van der Waals surface area contributed by atoms with E-state index in [2.05, 4.69) is 10.3 Å². The molecule has 1 saturated carbocycles. The summed E-state index contributed by atoms with van der Waals surface area (Å²) in [6.07, 6.45) is 1.12. The predicted octanol–water partition coefficient (Wildman–Crippen LogP) is 6.76. The maximum Gasteiger partial charge on any atom is 0.416 e. The number of hydrogen-bond donors (Lipinski definition) is 1. The molecule has 0 bridgehead atoms. The topological polar surface area (TPSA) is 42.0 Å². The van der Waals surface area contributed by atoms with Gasteiger partial charge in [0.1, 0.15) is 5.54 Å². The van der Waals surface area contributed by atoms with Crippen LogP contribution in [0.5, 0.6) is 0 Å². The molecule has 178 valence electrons. The van der Waals surface area contributed by atoms with Gasteiger partial charge in [-0.05, 0) is 66.6 Å². The van der Waals surface area contributed by atoms with Gasteiger partial charge in [-0.1, -0.05) is 55.3 Å². The van der Waals surface area contributed by atoms with Crippen LogP contribution in [0.1, 0.15) is 66.5 Å². The number of amides is 1. The zero-order valence-corrected chi connectivity index (χ0v) is 19.4. The van der Waals surface area contributed by atoms with E-state index in [1.807, 2.05) is 49.4 Å². The molecule has 2 atom stereocenters. The summed E-state index contributed by atoms with van der Waals surface area (Å²) < 4.78 is 41.4. The van der Waals surface area contributed by atoms with Crippen LogP contribution < -0.4 is 5.32 Å². The summed E-state index contributed by atoms with van der Waals surface area (Å²) in [5.74, 6) is -0.441. The van der Waals surface area contributed by atoms with E-state index in [9.17, 15) is 18.0 Å². The van der Waals surface area contributed by atoms with Crippen molar-refractivity contribution in [1.29, 1.82) is 0 Å². The average Bonchev–Trinajstić information content (AvgIpc) is 3.33. The highest BCUT2D eigenvalue weighted by atomic mass is 19.4. The average molecular weight is 467 g/mol. The normalized spacial score (nSPS) is 17.2. The number of alkyl halides is 3. The van der Waals surface area contributed by atoms with Crippen LogP contribution in [0.15, 0.2) is 72.9 Å². The summed E-state index contributed by atoms with van der Waals surface area (Å²) in [5.41, 5.74) is 0.814. The van der Waals surface area contributed by atoms with Gasteiger partial charge in [0.05, 0.1) is 11.3 Å². The van der Waals surface area contributed by atoms with Gasteiger partial charge in [0, 0.05) is 19.0 Å². The molecule has 2 aromatic carbocycles. The summed E-state index contributed by atoms with van der Waals surface area (Å²) in [7, 11) is 0. The van der Waals surface area contributed by atoms with Crippen molar-refractivity contribution in [1.82, 2.24) is 10.3 Å². The first-order valence-electron chi connectivity index (χ1n) is 11.7. The molecule has 1 aliphatic carbocycles. The van der Waals surface area contributed by atoms with Crippen molar-refractivity contribution in [2.75, 3.05) is 0 Å². The number of aromatic nitrogens is 1. The Balaban J connectivity index is 2.08. The van der Waals surface area contributed by atoms with Gasteiger partial charge in [0.2, 0.25) is 5.91 Å². The smallest absolute Gasteiger partial charge is 0.341 e. The van der Waals surface area contributed by atoms with Gasteiger partial charge in [-0.2, -0.15) is 13.2 Å². The Morgan fingerprint density at radius 1 is 0.971 bits per heavy atom. The van der Waals surface area contributed by atoms with E-state index in [4.69, 9.17) is 0 Å². The lowest BCUT2D eigenvalue weighted by atomic mass is 9.65. The first kappa shape index (κ1) is 24.0. The van der Waals surface area contributed by atoms with E-state index in [0.29, 0.717) is 11.3 Å². The Morgan fingerprint density at radius 2 is 1.65 bits per heavy atom. The molecule has 1 fully saturated rings. The third-order valence-electron chi connectivity index (χ3n) is 6.83. The van der Waals surface area contributed by atoms with Crippen molar-refractivity contribution in [3.8, 4) is 0 Å². The van der Waals surface area contributed by atoms with Crippen molar-refractivity contribution in [3.63, 3.8) is 0 Å². The van der Waals surface area contributed by atoms with Gasteiger partial charge in [-0.15, -0.1) is 0 Å². The minimum absolute atomic E-state index is 0.172. The van der Waals surface area contributed by atoms with Crippen molar-refractivity contribution in [3.05, 3.63) is 101 Å². The molecule has 4 rings (SSSR count). The zero-order chi connectivity index (χ0) is 24.3. The van der Waals surface area contributed by atoms with Gasteiger partial charge in [0.25, 0.3) is 0 Å². The highest BCUT2D eigenvalue weighted by molar-refractivity contribution is 5.75. The Hall–Kier alpha value is -3.15. The largest absolute Gasteiger partial charge is 0.416 e. The summed E-state index contributed by atoms with van der Waals surface area (Å²) in [6.45, 7) is 3.33. The highest BCUT2D eigenvalue weighted by Gasteiger charge is 2.49. The second-order valence-electron chi connectivity index (χ2n) is 9.22. The van der Waals surface area contributed by atoms with E-state index in [-0.39, 0.29) is 17.7 Å². The van der Waals surface area contributed by atoms with E-state index in [1.165, 1.54) is 19.1 Å². The third kappa shape index (κ3) is 4.72. The SMILES string of the molecule is CC(=O)NC(c1cccc(C(F)(F)F)c1)(c1cc(C)ccn1)C(c1ccccc1)C1CCCC1. The molecule has 3 nitrogen and oxygen atoms in total. The number of carbonyl (C=O) groups excluding carboxylic acids is 1. The van der Waals surface area contributed by atoms with Gasteiger partial charge in [0.15, 0.2) is 0 Å². The number of nitrogens with zero attached hydrogens (tertiary/aromatic N) is 1. The number of carbonyl (C=O) groups is 1. The van der Waals surface area contributed by atoms with Gasteiger partial charge in [-0.3, -0.25) is 9.78 Å². The molecule has 1 N–H and O–H groups in total. The number of halogens is 3. The lowest BCUT2D eigenvalue weighted by Gasteiger charge is -2.45.